The number of nitrogens with one attached hydrogen (secondary N) is 1. The summed E-state index contributed by atoms with van der Waals surface area (Å²) in [5, 5.41) is 6.48. The molecule has 7 heteroatoms. The van der Waals surface area contributed by atoms with Crippen LogP contribution in [0.2, 0.25) is 4.34 Å². The fraction of sp³-hybridized carbons (Fsp3) is 0.250. The van der Waals surface area contributed by atoms with Crippen molar-refractivity contribution >= 4 is 41.1 Å². The molecule has 2 rings (SSSR count). The summed E-state index contributed by atoms with van der Waals surface area (Å²) in [5.74, 6) is 0.419. The summed E-state index contributed by atoms with van der Waals surface area (Å²) in [6.45, 7) is 0.720. The zero-order valence-electron chi connectivity index (χ0n) is 7.74. The fourth-order valence-electron chi connectivity index (χ4n) is 1.25. The molecule has 0 spiro atoms. The van der Waals surface area contributed by atoms with Crippen molar-refractivity contribution in [3.63, 3.8) is 0 Å². The summed E-state index contributed by atoms with van der Waals surface area (Å²) in [7, 11) is 0. The van der Waals surface area contributed by atoms with Gasteiger partial charge in [-0.2, -0.15) is 0 Å². The number of hydrogen-bond acceptors (Lipinski definition) is 4. The minimum atomic E-state index is 0.419. The lowest BCUT2D eigenvalue weighted by molar-refractivity contribution is 0.700. The molecule has 0 unspecified atom stereocenters. The molecule has 0 aliphatic carbocycles. The summed E-state index contributed by atoms with van der Waals surface area (Å²) in [6, 6.07) is 3.90. The van der Waals surface area contributed by atoms with Gasteiger partial charge in [-0.15, -0.1) is 16.4 Å². The maximum atomic E-state index is 5.83. The number of H-pyrrole nitrogens is 1. The fourth-order valence-corrected chi connectivity index (χ4v) is 2.56. The van der Waals surface area contributed by atoms with Gasteiger partial charge in [0.25, 0.3) is 0 Å². The molecule has 80 valence electrons. The molecule has 0 bridgehead atoms. The standard InChI is InChI=1S/C8H9ClN4S2/c9-6-2-1-5(15-6)3-4-13-7(10)11-12-8(13)14/h1-2H,3-4H2,(H2,10,11)(H,12,14). The number of nitrogens with two attached hydrogens (primary N) is 1. The van der Waals surface area contributed by atoms with Gasteiger partial charge in [0.05, 0.1) is 4.34 Å². The van der Waals surface area contributed by atoms with Crippen molar-refractivity contribution in [1.82, 2.24) is 14.8 Å². The lowest BCUT2D eigenvalue weighted by atomic mass is 10.3. The van der Waals surface area contributed by atoms with E-state index in [4.69, 9.17) is 29.6 Å². The molecule has 0 radical (unpaired) electrons. The van der Waals surface area contributed by atoms with Crippen molar-refractivity contribution in [3.05, 3.63) is 26.1 Å². The predicted molar refractivity (Wildman–Crippen MR) is 64.9 cm³/mol. The predicted octanol–water partition coefficient (Wildman–Crippen LogP) is 2.48. The molecular formula is C8H9ClN4S2. The van der Waals surface area contributed by atoms with Crippen LogP contribution in [0.25, 0.3) is 0 Å². The van der Waals surface area contributed by atoms with Crippen LogP contribution in [0.15, 0.2) is 12.1 Å². The second-order valence-corrected chi connectivity index (χ2v) is 5.18. The maximum absolute atomic E-state index is 5.83. The number of nitrogens with zero attached hydrogens (tertiary/aromatic N) is 2. The van der Waals surface area contributed by atoms with Crippen molar-refractivity contribution < 1.29 is 0 Å². The highest BCUT2D eigenvalue weighted by Crippen LogP contribution is 2.22. The second-order valence-electron chi connectivity index (χ2n) is 2.99. The highest BCUT2D eigenvalue weighted by Gasteiger charge is 2.03. The Hall–Kier alpha value is -0.850. The number of aromatic nitrogens is 3. The maximum Gasteiger partial charge on any atom is 0.220 e. The van der Waals surface area contributed by atoms with Crippen molar-refractivity contribution in [3.8, 4) is 0 Å². The number of aromatic amines is 1. The lowest BCUT2D eigenvalue weighted by Crippen LogP contribution is -2.05. The SMILES string of the molecule is Nc1n[nH]c(=S)n1CCc1ccc(Cl)s1. The number of rotatable bonds is 3. The molecule has 0 aliphatic rings. The zero-order chi connectivity index (χ0) is 10.8. The Morgan fingerprint density at radius 1 is 1.60 bits per heavy atom. The topological polar surface area (TPSA) is 59.6 Å². The van der Waals surface area contributed by atoms with Crippen LogP contribution in [0.3, 0.4) is 0 Å². The van der Waals surface area contributed by atoms with Gasteiger partial charge in [0, 0.05) is 11.4 Å². The largest absolute Gasteiger partial charge is 0.368 e. The second kappa shape index (κ2) is 4.34. The van der Waals surface area contributed by atoms with E-state index < -0.39 is 0 Å². The summed E-state index contributed by atoms with van der Waals surface area (Å²) in [6.07, 6.45) is 0.857. The van der Waals surface area contributed by atoms with E-state index in [-0.39, 0.29) is 0 Å². The first-order valence-corrected chi connectivity index (χ1v) is 5.92. The van der Waals surface area contributed by atoms with Crippen molar-refractivity contribution in [2.24, 2.45) is 0 Å². The van der Waals surface area contributed by atoms with Crippen molar-refractivity contribution in [1.29, 1.82) is 0 Å². The van der Waals surface area contributed by atoms with Crippen LogP contribution in [0.5, 0.6) is 0 Å². The van der Waals surface area contributed by atoms with Gasteiger partial charge in [0.1, 0.15) is 0 Å². The van der Waals surface area contributed by atoms with Crippen molar-refractivity contribution in [2.75, 3.05) is 5.73 Å². The minimum Gasteiger partial charge on any atom is -0.368 e. The van der Waals surface area contributed by atoms with Gasteiger partial charge >= 0.3 is 0 Å². The van der Waals surface area contributed by atoms with Crippen LogP contribution in [-0.2, 0) is 13.0 Å². The van der Waals surface area contributed by atoms with E-state index in [1.165, 1.54) is 4.88 Å². The third-order valence-corrected chi connectivity index (χ3v) is 3.60. The molecular weight excluding hydrogens is 252 g/mol. The highest BCUT2D eigenvalue weighted by molar-refractivity contribution is 7.71. The Bertz CT molecular complexity index is 513. The van der Waals surface area contributed by atoms with Crippen molar-refractivity contribution in [2.45, 2.75) is 13.0 Å². The Morgan fingerprint density at radius 2 is 2.40 bits per heavy atom. The molecule has 0 fully saturated rings. The normalized spacial score (nSPS) is 10.7. The van der Waals surface area contributed by atoms with Gasteiger partial charge in [-0.25, -0.2) is 5.10 Å². The summed E-state index contributed by atoms with van der Waals surface area (Å²) in [4.78, 5) is 1.21. The van der Waals surface area contributed by atoms with Crippen LogP contribution in [-0.4, -0.2) is 14.8 Å². The van der Waals surface area contributed by atoms with E-state index in [9.17, 15) is 0 Å². The molecule has 15 heavy (non-hydrogen) atoms. The van der Waals surface area contributed by atoms with E-state index in [0.29, 0.717) is 10.7 Å². The molecule has 3 N–H and O–H groups in total. The van der Waals surface area contributed by atoms with Crippen LogP contribution in [0.1, 0.15) is 4.88 Å². The Labute approximate surface area is 101 Å². The van der Waals surface area contributed by atoms with E-state index in [0.717, 1.165) is 17.3 Å². The van der Waals surface area contributed by atoms with Crippen LogP contribution in [0, 0.1) is 4.77 Å². The molecule has 2 heterocycles. The molecule has 2 aromatic rings. The monoisotopic (exact) mass is 260 g/mol. The summed E-state index contributed by atoms with van der Waals surface area (Å²) < 4.78 is 3.12. The summed E-state index contributed by atoms with van der Waals surface area (Å²) >= 11 is 12.4. The molecule has 2 aromatic heterocycles. The lowest BCUT2D eigenvalue weighted by Gasteiger charge is -2.01. The summed E-state index contributed by atoms with van der Waals surface area (Å²) in [5.41, 5.74) is 5.64. The van der Waals surface area contributed by atoms with Gasteiger partial charge in [-0.05, 0) is 30.8 Å². The zero-order valence-corrected chi connectivity index (χ0v) is 10.1. The molecule has 0 saturated carbocycles. The van der Waals surface area contributed by atoms with Crippen LogP contribution >= 0.6 is 35.2 Å². The van der Waals surface area contributed by atoms with Crippen LogP contribution < -0.4 is 5.73 Å². The van der Waals surface area contributed by atoms with E-state index in [1.807, 2.05) is 12.1 Å². The molecule has 0 aromatic carbocycles. The van der Waals surface area contributed by atoms with Gasteiger partial charge in [0.15, 0.2) is 4.77 Å². The van der Waals surface area contributed by atoms with Gasteiger partial charge in [-0.3, -0.25) is 4.57 Å². The number of thiophene rings is 1. The van der Waals surface area contributed by atoms with E-state index in [2.05, 4.69) is 10.2 Å². The quantitative estimate of drug-likeness (QED) is 0.834. The van der Waals surface area contributed by atoms with E-state index in [1.54, 1.807) is 15.9 Å². The third kappa shape index (κ3) is 2.39. The Morgan fingerprint density at radius 3 is 2.93 bits per heavy atom. The number of aryl methyl sites for hydroxylation is 1. The number of halogens is 1. The first-order valence-electron chi connectivity index (χ1n) is 4.31. The average molecular weight is 261 g/mol. The molecule has 0 amide bonds. The minimum absolute atomic E-state index is 0.419. The molecule has 0 aliphatic heterocycles. The first-order chi connectivity index (χ1) is 7.16. The Kier molecular flexibility index (Phi) is 3.08. The smallest absolute Gasteiger partial charge is 0.220 e. The molecule has 0 atom stereocenters. The first kappa shape index (κ1) is 10.7. The molecule has 0 saturated heterocycles. The number of nitrogen functional groups attached to an aromatic ring is 1. The van der Waals surface area contributed by atoms with Crippen LogP contribution in [0.4, 0.5) is 5.95 Å². The van der Waals surface area contributed by atoms with Gasteiger partial charge in [-0.1, -0.05) is 11.6 Å². The third-order valence-electron chi connectivity index (χ3n) is 2.00. The average Bonchev–Trinajstić information content (AvgIpc) is 2.73. The number of hydrogen-bond donors (Lipinski definition) is 2. The van der Waals surface area contributed by atoms with Gasteiger partial charge in [0.2, 0.25) is 5.95 Å². The Balaban J connectivity index is 2.08. The van der Waals surface area contributed by atoms with E-state index >= 15 is 0 Å². The van der Waals surface area contributed by atoms with Gasteiger partial charge < -0.3 is 5.73 Å². The number of anilines is 1. The molecule has 4 nitrogen and oxygen atoms in total. The highest BCUT2D eigenvalue weighted by atomic mass is 35.5.